The number of hydrogen-bond acceptors (Lipinski definition) is 7. The van der Waals surface area contributed by atoms with Gasteiger partial charge in [0.05, 0.1) is 6.04 Å². The first-order chi connectivity index (χ1) is 13.1. The van der Waals surface area contributed by atoms with Gasteiger partial charge in [0.2, 0.25) is 17.7 Å². The number of rotatable bonds is 14. The van der Waals surface area contributed by atoms with E-state index in [1.165, 1.54) is 6.92 Å². The maximum absolute atomic E-state index is 12.4. The van der Waals surface area contributed by atoms with E-state index in [1.807, 2.05) is 0 Å². The van der Waals surface area contributed by atoms with Crippen LogP contribution in [0.25, 0.3) is 0 Å². The molecule has 0 saturated heterocycles. The van der Waals surface area contributed by atoms with Gasteiger partial charge in [-0.1, -0.05) is 6.42 Å². The molecule has 3 unspecified atom stereocenters. The molecule has 0 aliphatic heterocycles. The molecule has 0 radical (unpaired) electrons. The molecule has 0 aliphatic carbocycles. The van der Waals surface area contributed by atoms with Gasteiger partial charge in [-0.3, -0.25) is 24.0 Å². The van der Waals surface area contributed by atoms with Crippen LogP contribution in [0.1, 0.15) is 39.0 Å². The van der Waals surface area contributed by atoms with Gasteiger partial charge in [-0.25, -0.2) is 0 Å². The average molecular weight is 403 g/mol. The summed E-state index contributed by atoms with van der Waals surface area (Å²) in [5.74, 6) is -4.54. The van der Waals surface area contributed by atoms with Crippen molar-refractivity contribution in [3.8, 4) is 0 Å². The molecule has 0 bridgehead atoms. The highest BCUT2D eigenvalue weighted by Gasteiger charge is 2.26. The number of nitrogens with two attached hydrogens (primary N) is 2. The number of carboxylic acid groups (broad SMARTS) is 2. The van der Waals surface area contributed by atoms with Crippen molar-refractivity contribution in [1.82, 2.24) is 16.0 Å². The molecule has 9 N–H and O–H groups in total. The van der Waals surface area contributed by atoms with Crippen molar-refractivity contribution in [1.29, 1.82) is 0 Å². The predicted octanol–water partition coefficient (Wildman–Crippen LogP) is -2.50. The molecule has 3 amide bonds. The lowest BCUT2D eigenvalue weighted by Gasteiger charge is -2.22. The summed E-state index contributed by atoms with van der Waals surface area (Å²) in [5, 5.41) is 24.2. The van der Waals surface area contributed by atoms with Crippen molar-refractivity contribution in [3.63, 3.8) is 0 Å². The Labute approximate surface area is 162 Å². The van der Waals surface area contributed by atoms with E-state index < -0.39 is 54.3 Å². The van der Waals surface area contributed by atoms with Crippen LogP contribution in [0.2, 0.25) is 0 Å². The summed E-state index contributed by atoms with van der Waals surface area (Å²) >= 11 is 0. The van der Waals surface area contributed by atoms with Gasteiger partial charge in [-0.05, 0) is 32.7 Å². The third-order valence-corrected chi connectivity index (χ3v) is 3.75. The molecule has 12 nitrogen and oxygen atoms in total. The number of nitrogens with one attached hydrogen (secondary N) is 3. The van der Waals surface area contributed by atoms with Gasteiger partial charge in [0.25, 0.3) is 0 Å². The molecule has 3 atom stereocenters. The Bertz CT molecular complexity index is 570. The van der Waals surface area contributed by atoms with E-state index in [1.54, 1.807) is 0 Å². The SMILES string of the molecule is CC(NC(=O)C(CCC(=O)O)NC(=O)C(N)CCCCN)C(=O)NCC(=O)O. The standard InChI is InChI=1S/C16H29N5O7/c1-9(14(26)19-8-13(24)25)20-16(28)11(5-6-12(22)23)21-15(27)10(18)4-2-3-7-17/h9-11H,2-8,17-18H2,1H3,(H,19,26)(H,20,28)(H,21,27)(H,22,23)(H,24,25). The smallest absolute Gasteiger partial charge is 0.322 e. The van der Waals surface area contributed by atoms with E-state index in [4.69, 9.17) is 21.7 Å². The highest BCUT2D eigenvalue weighted by molar-refractivity contribution is 5.93. The molecule has 160 valence electrons. The largest absolute Gasteiger partial charge is 0.481 e. The monoisotopic (exact) mass is 403 g/mol. The van der Waals surface area contributed by atoms with Crippen LogP contribution in [0, 0.1) is 0 Å². The van der Waals surface area contributed by atoms with Gasteiger partial charge < -0.3 is 37.6 Å². The maximum atomic E-state index is 12.4. The van der Waals surface area contributed by atoms with Gasteiger partial charge in [-0.2, -0.15) is 0 Å². The molecule has 0 saturated carbocycles. The van der Waals surface area contributed by atoms with Crippen LogP contribution in [-0.2, 0) is 24.0 Å². The van der Waals surface area contributed by atoms with Crippen molar-refractivity contribution < 1.29 is 34.2 Å². The summed E-state index contributed by atoms with van der Waals surface area (Å²) in [4.78, 5) is 57.5. The molecule has 0 aromatic rings. The minimum Gasteiger partial charge on any atom is -0.481 e. The van der Waals surface area contributed by atoms with E-state index >= 15 is 0 Å². The molecule has 12 heteroatoms. The van der Waals surface area contributed by atoms with Crippen molar-refractivity contribution in [2.45, 2.75) is 57.2 Å². The number of carbonyl (C=O) groups excluding carboxylic acids is 3. The van der Waals surface area contributed by atoms with E-state index in [9.17, 15) is 24.0 Å². The summed E-state index contributed by atoms with van der Waals surface area (Å²) < 4.78 is 0. The average Bonchev–Trinajstić information content (AvgIpc) is 2.62. The molecule has 0 fully saturated rings. The number of aliphatic carboxylic acids is 2. The van der Waals surface area contributed by atoms with Crippen LogP contribution in [0.3, 0.4) is 0 Å². The Morgan fingerprint density at radius 1 is 0.893 bits per heavy atom. The Kier molecular flexibility index (Phi) is 12.1. The van der Waals surface area contributed by atoms with Crippen LogP contribution < -0.4 is 27.4 Å². The number of amides is 3. The fraction of sp³-hybridized carbons (Fsp3) is 0.688. The van der Waals surface area contributed by atoms with Gasteiger partial charge in [0, 0.05) is 6.42 Å². The van der Waals surface area contributed by atoms with Gasteiger partial charge in [-0.15, -0.1) is 0 Å². The van der Waals surface area contributed by atoms with Crippen molar-refractivity contribution in [2.24, 2.45) is 11.5 Å². The molecular weight excluding hydrogens is 374 g/mol. The first-order valence-corrected chi connectivity index (χ1v) is 8.86. The summed E-state index contributed by atoms with van der Waals surface area (Å²) in [5.41, 5.74) is 11.1. The minimum atomic E-state index is -1.25. The Balaban J connectivity index is 4.85. The zero-order valence-electron chi connectivity index (χ0n) is 15.8. The van der Waals surface area contributed by atoms with E-state index in [0.717, 1.165) is 0 Å². The second-order valence-corrected chi connectivity index (χ2v) is 6.23. The molecule has 0 spiro atoms. The second kappa shape index (κ2) is 13.4. The zero-order valence-corrected chi connectivity index (χ0v) is 15.8. The van der Waals surface area contributed by atoms with Gasteiger partial charge in [0.1, 0.15) is 18.6 Å². The summed E-state index contributed by atoms with van der Waals surface area (Å²) in [6.07, 6.45) is 1.07. The van der Waals surface area contributed by atoms with Gasteiger partial charge >= 0.3 is 11.9 Å². The number of hydrogen-bond donors (Lipinski definition) is 7. The van der Waals surface area contributed by atoms with Crippen LogP contribution in [0.5, 0.6) is 0 Å². The molecule has 0 aromatic carbocycles. The van der Waals surface area contributed by atoms with Gasteiger partial charge in [0.15, 0.2) is 0 Å². The Morgan fingerprint density at radius 2 is 1.54 bits per heavy atom. The summed E-state index contributed by atoms with van der Waals surface area (Å²) in [7, 11) is 0. The fourth-order valence-electron chi connectivity index (χ4n) is 2.15. The molecular formula is C16H29N5O7. The number of carbonyl (C=O) groups is 5. The highest BCUT2D eigenvalue weighted by Crippen LogP contribution is 2.03. The Morgan fingerprint density at radius 3 is 2.07 bits per heavy atom. The lowest BCUT2D eigenvalue weighted by molar-refractivity contribution is -0.138. The normalized spacial score (nSPS) is 13.7. The van der Waals surface area contributed by atoms with Crippen LogP contribution >= 0.6 is 0 Å². The first-order valence-electron chi connectivity index (χ1n) is 8.86. The lowest BCUT2D eigenvalue weighted by atomic mass is 10.1. The minimum absolute atomic E-state index is 0.202. The molecule has 0 aromatic heterocycles. The molecule has 0 heterocycles. The van der Waals surface area contributed by atoms with Crippen molar-refractivity contribution in [3.05, 3.63) is 0 Å². The number of carboxylic acids is 2. The Hall–Kier alpha value is -2.73. The highest BCUT2D eigenvalue weighted by atomic mass is 16.4. The summed E-state index contributed by atoms with van der Waals surface area (Å²) in [6.45, 7) is 1.17. The second-order valence-electron chi connectivity index (χ2n) is 6.23. The van der Waals surface area contributed by atoms with Crippen molar-refractivity contribution >= 4 is 29.7 Å². The summed E-state index contributed by atoms with van der Waals surface area (Å²) in [6, 6.07) is -3.18. The third-order valence-electron chi connectivity index (χ3n) is 3.75. The third kappa shape index (κ3) is 11.1. The molecule has 0 aliphatic rings. The lowest BCUT2D eigenvalue weighted by Crippen LogP contribution is -2.55. The number of unbranched alkanes of at least 4 members (excludes halogenated alkanes) is 1. The van der Waals surface area contributed by atoms with E-state index in [-0.39, 0.29) is 12.8 Å². The molecule has 28 heavy (non-hydrogen) atoms. The predicted molar refractivity (Wildman–Crippen MR) is 97.9 cm³/mol. The maximum Gasteiger partial charge on any atom is 0.322 e. The first kappa shape index (κ1) is 25.3. The molecule has 0 rings (SSSR count). The topological polar surface area (TPSA) is 214 Å². The van der Waals surface area contributed by atoms with Crippen LogP contribution in [0.4, 0.5) is 0 Å². The van der Waals surface area contributed by atoms with Crippen LogP contribution in [0.15, 0.2) is 0 Å². The van der Waals surface area contributed by atoms with E-state index in [2.05, 4.69) is 16.0 Å². The quantitative estimate of drug-likeness (QED) is 0.152. The van der Waals surface area contributed by atoms with Crippen molar-refractivity contribution in [2.75, 3.05) is 13.1 Å². The van der Waals surface area contributed by atoms with Crippen LogP contribution in [-0.4, -0.2) is 71.1 Å². The fourth-order valence-corrected chi connectivity index (χ4v) is 2.15. The van der Waals surface area contributed by atoms with E-state index in [0.29, 0.717) is 25.8 Å². The zero-order chi connectivity index (χ0) is 21.7.